The van der Waals surface area contributed by atoms with Gasteiger partial charge in [0.15, 0.2) is 5.16 Å². The molecular formula is C18H13Cl2N3O2S2. The number of rotatable bonds is 3. The summed E-state index contributed by atoms with van der Waals surface area (Å²) in [4.78, 5) is 8.86. The van der Waals surface area contributed by atoms with Gasteiger partial charge in [0, 0.05) is 28.4 Å². The summed E-state index contributed by atoms with van der Waals surface area (Å²) in [5.41, 5.74) is 2.68. The zero-order valence-electron chi connectivity index (χ0n) is 14.1. The Morgan fingerprint density at radius 2 is 1.78 bits per heavy atom. The van der Waals surface area contributed by atoms with Gasteiger partial charge in [-0.05, 0) is 35.9 Å². The summed E-state index contributed by atoms with van der Waals surface area (Å²) in [5, 5.41) is 1.65. The summed E-state index contributed by atoms with van der Waals surface area (Å²) in [5.74, 6) is 0.649. The highest BCUT2D eigenvalue weighted by Gasteiger charge is 2.34. The number of halogens is 2. The minimum atomic E-state index is -3.71. The van der Waals surface area contributed by atoms with Gasteiger partial charge >= 0.3 is 0 Å². The fourth-order valence-electron chi connectivity index (χ4n) is 2.78. The van der Waals surface area contributed by atoms with Crippen LogP contribution in [0.3, 0.4) is 0 Å². The van der Waals surface area contributed by atoms with Crippen molar-refractivity contribution in [3.63, 3.8) is 0 Å². The Hall–Kier alpha value is -1.80. The van der Waals surface area contributed by atoms with E-state index in [4.69, 9.17) is 23.2 Å². The first-order valence-corrected chi connectivity index (χ1v) is 11.1. The Morgan fingerprint density at radius 1 is 1.07 bits per heavy atom. The highest BCUT2D eigenvalue weighted by atomic mass is 35.5. The van der Waals surface area contributed by atoms with Crippen molar-refractivity contribution in [2.45, 2.75) is 15.8 Å². The first-order valence-electron chi connectivity index (χ1n) is 7.89. The molecule has 0 fully saturated rings. The molecule has 138 valence electrons. The molecule has 0 saturated heterocycles. The molecule has 3 aromatic rings. The molecule has 1 aromatic heterocycles. The maximum atomic E-state index is 12.8. The summed E-state index contributed by atoms with van der Waals surface area (Å²) < 4.78 is 26.8. The Balaban J connectivity index is 1.73. The van der Waals surface area contributed by atoms with Gasteiger partial charge in [-0.25, -0.2) is 18.4 Å². The second-order valence-corrected chi connectivity index (χ2v) is 9.67. The molecule has 2 heterocycles. The van der Waals surface area contributed by atoms with Gasteiger partial charge in [0.1, 0.15) is 4.90 Å². The number of benzene rings is 2. The van der Waals surface area contributed by atoms with Crippen LogP contribution in [0.2, 0.25) is 10.0 Å². The van der Waals surface area contributed by atoms with Crippen LogP contribution in [0.5, 0.6) is 0 Å². The van der Waals surface area contributed by atoms with Crippen LogP contribution in [0.25, 0.3) is 11.3 Å². The zero-order chi connectivity index (χ0) is 19.2. The van der Waals surface area contributed by atoms with E-state index in [1.54, 1.807) is 18.2 Å². The van der Waals surface area contributed by atoms with E-state index in [9.17, 15) is 8.42 Å². The second kappa shape index (κ2) is 6.98. The molecule has 0 saturated carbocycles. The minimum absolute atomic E-state index is 0.0932. The molecule has 4 rings (SSSR count). The van der Waals surface area contributed by atoms with Crippen LogP contribution < -0.4 is 4.31 Å². The molecule has 0 bridgehead atoms. The topological polar surface area (TPSA) is 63.2 Å². The van der Waals surface area contributed by atoms with Gasteiger partial charge in [0.2, 0.25) is 0 Å². The van der Waals surface area contributed by atoms with E-state index < -0.39 is 10.0 Å². The van der Waals surface area contributed by atoms with E-state index in [1.165, 1.54) is 29.3 Å². The lowest BCUT2D eigenvalue weighted by molar-refractivity contribution is 0.592. The predicted octanol–water partition coefficient (Wildman–Crippen LogP) is 4.88. The van der Waals surface area contributed by atoms with E-state index >= 15 is 0 Å². The van der Waals surface area contributed by atoms with Gasteiger partial charge in [-0.1, -0.05) is 47.1 Å². The van der Waals surface area contributed by atoms with Gasteiger partial charge in [-0.2, -0.15) is 0 Å². The summed E-state index contributed by atoms with van der Waals surface area (Å²) in [7, 11) is -2.22. The van der Waals surface area contributed by atoms with Crippen LogP contribution in [-0.4, -0.2) is 25.4 Å². The summed E-state index contributed by atoms with van der Waals surface area (Å²) in [6.07, 6.45) is 1.37. The molecule has 0 atom stereocenters. The van der Waals surface area contributed by atoms with Crippen LogP contribution in [0.1, 0.15) is 5.56 Å². The molecule has 2 aromatic carbocycles. The van der Waals surface area contributed by atoms with E-state index in [0.717, 1.165) is 5.56 Å². The molecule has 0 radical (unpaired) electrons. The predicted molar refractivity (Wildman–Crippen MR) is 109 cm³/mol. The van der Waals surface area contributed by atoms with Crippen molar-refractivity contribution < 1.29 is 8.42 Å². The number of nitrogens with zero attached hydrogens (tertiary/aromatic N) is 3. The maximum Gasteiger partial charge on any atom is 0.267 e. The number of aromatic nitrogens is 2. The Morgan fingerprint density at radius 3 is 2.52 bits per heavy atom. The van der Waals surface area contributed by atoms with E-state index in [0.29, 0.717) is 37.9 Å². The lowest BCUT2D eigenvalue weighted by Gasteiger charge is -2.28. The first-order chi connectivity index (χ1) is 12.9. The average Bonchev–Trinajstić information content (AvgIpc) is 2.66. The number of thioether (sulfide) groups is 1. The van der Waals surface area contributed by atoms with Crippen molar-refractivity contribution in [3.8, 4) is 11.3 Å². The van der Waals surface area contributed by atoms with Gasteiger partial charge in [0.25, 0.3) is 10.0 Å². The Labute approximate surface area is 171 Å². The van der Waals surface area contributed by atoms with Crippen LogP contribution in [0, 0.1) is 0 Å². The van der Waals surface area contributed by atoms with Crippen LogP contribution in [0.4, 0.5) is 5.69 Å². The van der Waals surface area contributed by atoms with Crippen molar-refractivity contribution in [3.05, 3.63) is 64.3 Å². The monoisotopic (exact) mass is 437 g/mol. The normalized spacial score (nSPS) is 14.6. The van der Waals surface area contributed by atoms with Crippen molar-refractivity contribution in [1.82, 2.24) is 9.97 Å². The third-order valence-electron chi connectivity index (χ3n) is 4.21. The van der Waals surface area contributed by atoms with Crippen molar-refractivity contribution in [2.75, 3.05) is 11.4 Å². The number of hydrogen-bond acceptors (Lipinski definition) is 5. The van der Waals surface area contributed by atoms with Crippen LogP contribution >= 0.6 is 35.0 Å². The SMILES string of the molecule is CN1c2cc(Cl)ccc2-c2nc(SCc3ccc(Cl)cc3)ncc2S1(=O)=O. The minimum Gasteiger partial charge on any atom is -0.269 e. The lowest BCUT2D eigenvalue weighted by Crippen LogP contribution is -2.31. The standard InChI is InChI=1S/C18H13Cl2N3O2S2/c1-23-15-8-13(20)6-7-14(15)17-16(27(23,24)25)9-21-18(22-17)26-10-11-2-4-12(19)5-3-11/h2-9H,10H2,1H3. The van der Waals surface area contributed by atoms with E-state index in [1.807, 2.05) is 24.3 Å². The fourth-order valence-corrected chi connectivity index (χ4v) is 5.13. The molecule has 0 unspecified atom stereocenters. The summed E-state index contributed by atoms with van der Waals surface area (Å²) in [6.45, 7) is 0. The molecule has 27 heavy (non-hydrogen) atoms. The summed E-state index contributed by atoms with van der Waals surface area (Å²) >= 11 is 13.4. The number of anilines is 1. The van der Waals surface area contributed by atoms with Gasteiger partial charge in [0.05, 0.1) is 17.6 Å². The molecule has 0 aliphatic carbocycles. The molecule has 1 aliphatic rings. The molecule has 0 amide bonds. The third-order valence-corrected chi connectivity index (χ3v) is 7.40. The molecule has 0 spiro atoms. The molecule has 1 aliphatic heterocycles. The molecule has 5 nitrogen and oxygen atoms in total. The number of sulfonamides is 1. The first kappa shape index (κ1) is 18.6. The molecule has 9 heteroatoms. The highest BCUT2D eigenvalue weighted by molar-refractivity contribution is 7.98. The third kappa shape index (κ3) is 3.40. The van der Waals surface area contributed by atoms with Crippen molar-refractivity contribution >= 4 is 50.7 Å². The van der Waals surface area contributed by atoms with Gasteiger partial charge in [-0.15, -0.1) is 0 Å². The number of hydrogen-bond donors (Lipinski definition) is 0. The fraction of sp³-hybridized carbons (Fsp3) is 0.111. The maximum absolute atomic E-state index is 12.8. The smallest absolute Gasteiger partial charge is 0.267 e. The quantitative estimate of drug-likeness (QED) is 0.431. The lowest BCUT2D eigenvalue weighted by atomic mass is 10.1. The van der Waals surface area contributed by atoms with E-state index in [-0.39, 0.29) is 4.90 Å². The van der Waals surface area contributed by atoms with Crippen molar-refractivity contribution in [2.24, 2.45) is 0 Å². The van der Waals surface area contributed by atoms with Gasteiger partial charge < -0.3 is 0 Å². The Kier molecular flexibility index (Phi) is 4.80. The van der Waals surface area contributed by atoms with Crippen molar-refractivity contribution in [1.29, 1.82) is 0 Å². The van der Waals surface area contributed by atoms with Crippen LogP contribution in [0.15, 0.2) is 58.7 Å². The Bertz CT molecular complexity index is 1140. The molecule has 0 N–H and O–H groups in total. The molecular weight excluding hydrogens is 425 g/mol. The average molecular weight is 438 g/mol. The zero-order valence-corrected chi connectivity index (χ0v) is 17.2. The largest absolute Gasteiger partial charge is 0.269 e. The number of fused-ring (bicyclic) bond motifs is 3. The second-order valence-electron chi connectivity index (χ2n) is 5.91. The van der Waals surface area contributed by atoms with E-state index in [2.05, 4.69) is 9.97 Å². The summed E-state index contributed by atoms with van der Waals surface area (Å²) in [6, 6.07) is 12.6. The van der Waals surface area contributed by atoms with Gasteiger partial charge in [-0.3, -0.25) is 4.31 Å². The highest BCUT2D eigenvalue weighted by Crippen LogP contribution is 2.42. The van der Waals surface area contributed by atoms with Crippen LogP contribution in [-0.2, 0) is 15.8 Å².